The van der Waals surface area contributed by atoms with Crippen LogP contribution in [0.25, 0.3) is 0 Å². The molecule has 0 unspecified atom stereocenters. The Balaban J connectivity index is 1.28. The lowest BCUT2D eigenvalue weighted by Gasteiger charge is -2.29. The Hall–Kier alpha value is -0.980. The van der Waals surface area contributed by atoms with Crippen molar-refractivity contribution in [1.82, 2.24) is 0 Å². The van der Waals surface area contributed by atoms with Crippen molar-refractivity contribution in [3.05, 3.63) is 29.8 Å². The molecule has 1 aromatic carbocycles. The number of unbranched alkanes of at least 4 members (excludes halogenated alkanes) is 3. The Labute approximate surface area is 193 Å². The number of hydrogen-bond donors (Lipinski definition) is 0. The van der Waals surface area contributed by atoms with E-state index < -0.39 is 0 Å². The first-order valence-corrected chi connectivity index (χ1v) is 14.0. The molecule has 0 atom stereocenters. The summed E-state index contributed by atoms with van der Waals surface area (Å²) >= 11 is 0. The van der Waals surface area contributed by atoms with E-state index in [-0.39, 0.29) is 0 Å². The van der Waals surface area contributed by atoms with Crippen LogP contribution in [0.5, 0.6) is 5.75 Å². The zero-order chi connectivity index (χ0) is 21.7. The summed E-state index contributed by atoms with van der Waals surface area (Å²) in [6.45, 7) is 5.52. The first kappa shape index (κ1) is 24.7. The van der Waals surface area contributed by atoms with Gasteiger partial charge in [0.05, 0.1) is 6.61 Å². The van der Waals surface area contributed by atoms with E-state index in [1.54, 1.807) is 5.56 Å². The molecule has 0 bridgehead atoms. The van der Waals surface area contributed by atoms with Gasteiger partial charge in [-0.2, -0.15) is 0 Å². The van der Waals surface area contributed by atoms with Crippen LogP contribution >= 0.6 is 0 Å². The SMILES string of the molecule is CCCCCC[C@H]1CC[C@H](c2ccc(OCCC[C@H]3CC[C@H](CCC)CC3)cc2)CC1. The van der Waals surface area contributed by atoms with Gasteiger partial charge in [0, 0.05) is 0 Å². The van der Waals surface area contributed by atoms with Crippen LogP contribution in [0.2, 0.25) is 0 Å². The smallest absolute Gasteiger partial charge is 0.119 e. The average molecular weight is 427 g/mol. The van der Waals surface area contributed by atoms with Crippen LogP contribution in [0.3, 0.4) is 0 Å². The summed E-state index contributed by atoms with van der Waals surface area (Å²) in [5.74, 6) is 4.83. The van der Waals surface area contributed by atoms with Gasteiger partial charge in [0.1, 0.15) is 5.75 Å². The number of ether oxygens (including phenoxy) is 1. The van der Waals surface area contributed by atoms with Crippen molar-refractivity contribution in [1.29, 1.82) is 0 Å². The van der Waals surface area contributed by atoms with Crippen molar-refractivity contribution >= 4 is 0 Å². The summed E-state index contributed by atoms with van der Waals surface area (Å²) in [6, 6.07) is 9.14. The van der Waals surface area contributed by atoms with Crippen LogP contribution in [0, 0.1) is 17.8 Å². The van der Waals surface area contributed by atoms with Crippen molar-refractivity contribution in [2.75, 3.05) is 6.61 Å². The van der Waals surface area contributed by atoms with E-state index in [1.165, 1.54) is 109 Å². The van der Waals surface area contributed by atoms with E-state index in [1.807, 2.05) is 0 Å². The third-order valence-electron chi connectivity index (χ3n) is 8.35. The lowest BCUT2D eigenvalue weighted by molar-refractivity contribution is 0.230. The van der Waals surface area contributed by atoms with Gasteiger partial charge in [-0.1, -0.05) is 96.6 Å². The van der Waals surface area contributed by atoms with Crippen LogP contribution in [-0.2, 0) is 0 Å². The van der Waals surface area contributed by atoms with Gasteiger partial charge in [0.15, 0.2) is 0 Å². The van der Waals surface area contributed by atoms with Gasteiger partial charge in [-0.15, -0.1) is 0 Å². The van der Waals surface area contributed by atoms with Gasteiger partial charge in [-0.3, -0.25) is 0 Å². The highest BCUT2D eigenvalue weighted by Gasteiger charge is 2.22. The fraction of sp³-hybridized carbons (Fsp3) is 0.800. The molecule has 2 fully saturated rings. The van der Waals surface area contributed by atoms with Crippen molar-refractivity contribution in [3.8, 4) is 5.75 Å². The van der Waals surface area contributed by atoms with Gasteiger partial charge >= 0.3 is 0 Å². The topological polar surface area (TPSA) is 9.23 Å². The zero-order valence-corrected chi connectivity index (χ0v) is 20.8. The first-order valence-electron chi connectivity index (χ1n) is 14.0. The summed E-state index contributed by atoms with van der Waals surface area (Å²) < 4.78 is 6.08. The van der Waals surface area contributed by atoms with Gasteiger partial charge in [0.25, 0.3) is 0 Å². The molecule has 0 radical (unpaired) electrons. The zero-order valence-electron chi connectivity index (χ0n) is 20.8. The summed E-state index contributed by atoms with van der Waals surface area (Å²) in [7, 11) is 0. The highest BCUT2D eigenvalue weighted by molar-refractivity contribution is 5.29. The van der Waals surface area contributed by atoms with E-state index >= 15 is 0 Å². The predicted molar refractivity (Wildman–Crippen MR) is 135 cm³/mol. The molecule has 31 heavy (non-hydrogen) atoms. The number of benzene rings is 1. The van der Waals surface area contributed by atoms with Gasteiger partial charge < -0.3 is 4.74 Å². The maximum absolute atomic E-state index is 6.08. The molecule has 1 heteroatoms. The van der Waals surface area contributed by atoms with Crippen molar-refractivity contribution < 1.29 is 4.74 Å². The molecule has 176 valence electrons. The van der Waals surface area contributed by atoms with Gasteiger partial charge in [0.2, 0.25) is 0 Å². The predicted octanol–water partition coefficient (Wildman–Crippen LogP) is 9.70. The Morgan fingerprint density at radius 1 is 0.613 bits per heavy atom. The molecule has 1 aromatic rings. The maximum Gasteiger partial charge on any atom is 0.119 e. The average Bonchev–Trinajstić information content (AvgIpc) is 2.82. The van der Waals surface area contributed by atoms with E-state index in [9.17, 15) is 0 Å². The second kappa shape index (κ2) is 14.2. The fourth-order valence-corrected chi connectivity index (χ4v) is 6.26. The third-order valence-corrected chi connectivity index (χ3v) is 8.35. The summed E-state index contributed by atoms with van der Waals surface area (Å²) in [5.41, 5.74) is 1.54. The standard InChI is InChI=1S/C30H50O/c1-3-5-6-7-10-26-16-18-28(19-17-26)29-20-22-30(23-21-29)31-24-8-11-27-14-12-25(9-4-2)13-15-27/h20-23,25-28H,3-19,24H2,1-2H3/t25-,26-,27-,28-. The molecule has 2 aliphatic carbocycles. The monoisotopic (exact) mass is 426 g/mol. The van der Waals surface area contributed by atoms with Gasteiger partial charge in [-0.05, 0) is 79.9 Å². The van der Waals surface area contributed by atoms with Crippen molar-refractivity contribution in [2.24, 2.45) is 17.8 Å². The Morgan fingerprint density at radius 2 is 1.19 bits per heavy atom. The van der Waals surface area contributed by atoms with Crippen LogP contribution in [0.15, 0.2) is 24.3 Å². The molecular formula is C30H50O. The number of rotatable bonds is 13. The normalized spacial score (nSPS) is 26.6. The molecule has 0 spiro atoms. The summed E-state index contributed by atoms with van der Waals surface area (Å²) in [4.78, 5) is 0. The molecular weight excluding hydrogens is 376 g/mol. The molecule has 0 aliphatic heterocycles. The molecule has 0 aromatic heterocycles. The largest absolute Gasteiger partial charge is 0.494 e. The lowest BCUT2D eigenvalue weighted by atomic mass is 9.77. The Kier molecular flexibility index (Phi) is 11.3. The lowest BCUT2D eigenvalue weighted by Crippen LogP contribution is -2.15. The molecule has 0 N–H and O–H groups in total. The highest BCUT2D eigenvalue weighted by atomic mass is 16.5. The van der Waals surface area contributed by atoms with Crippen LogP contribution in [-0.4, -0.2) is 6.61 Å². The first-order chi connectivity index (χ1) is 15.3. The maximum atomic E-state index is 6.08. The number of hydrogen-bond acceptors (Lipinski definition) is 1. The van der Waals surface area contributed by atoms with Crippen LogP contribution in [0.1, 0.15) is 134 Å². The summed E-state index contributed by atoms with van der Waals surface area (Å²) in [6.07, 6.45) is 24.1. The molecule has 0 heterocycles. The van der Waals surface area contributed by atoms with E-state index in [2.05, 4.69) is 38.1 Å². The summed E-state index contributed by atoms with van der Waals surface area (Å²) in [5, 5.41) is 0. The highest BCUT2D eigenvalue weighted by Crippen LogP contribution is 2.38. The molecule has 0 amide bonds. The Bertz CT molecular complexity index is 561. The van der Waals surface area contributed by atoms with Gasteiger partial charge in [-0.25, -0.2) is 0 Å². The second-order valence-corrected chi connectivity index (χ2v) is 10.8. The molecule has 3 rings (SSSR count). The molecule has 1 nitrogen and oxygen atoms in total. The quantitative estimate of drug-likeness (QED) is 0.285. The molecule has 2 saturated carbocycles. The third kappa shape index (κ3) is 8.82. The van der Waals surface area contributed by atoms with Crippen LogP contribution < -0.4 is 4.74 Å². The second-order valence-electron chi connectivity index (χ2n) is 10.8. The minimum atomic E-state index is 0.781. The van der Waals surface area contributed by atoms with E-state index in [0.717, 1.165) is 36.0 Å². The minimum absolute atomic E-state index is 0.781. The van der Waals surface area contributed by atoms with Crippen molar-refractivity contribution in [3.63, 3.8) is 0 Å². The fourth-order valence-electron chi connectivity index (χ4n) is 6.26. The van der Waals surface area contributed by atoms with E-state index in [4.69, 9.17) is 4.74 Å². The van der Waals surface area contributed by atoms with E-state index in [0.29, 0.717) is 0 Å². The molecule has 2 aliphatic rings. The van der Waals surface area contributed by atoms with Crippen molar-refractivity contribution in [2.45, 2.75) is 129 Å². The van der Waals surface area contributed by atoms with Crippen LogP contribution in [0.4, 0.5) is 0 Å². The Morgan fingerprint density at radius 3 is 1.81 bits per heavy atom. The molecule has 0 saturated heterocycles. The minimum Gasteiger partial charge on any atom is -0.494 e.